The van der Waals surface area contributed by atoms with Gasteiger partial charge < -0.3 is 14.4 Å². The van der Waals surface area contributed by atoms with Crippen LogP contribution in [0.25, 0.3) is 0 Å². The molecule has 1 saturated carbocycles. The highest BCUT2D eigenvalue weighted by Crippen LogP contribution is 2.43. The smallest absolute Gasteiger partial charge is 0.258 e. The van der Waals surface area contributed by atoms with Gasteiger partial charge in [-0.05, 0) is 31.0 Å². The molecule has 1 aliphatic carbocycles. The zero-order valence-electron chi connectivity index (χ0n) is 14.8. The molecule has 5 rings (SSSR count). The van der Waals surface area contributed by atoms with Gasteiger partial charge in [-0.3, -0.25) is 4.79 Å². The minimum atomic E-state index is -0.582. The average Bonchev–Trinajstić information content (AvgIpc) is 3.18. The summed E-state index contributed by atoms with van der Waals surface area (Å²) >= 11 is 6.15. The fraction of sp³-hybridized carbons (Fsp3) is 0.381. The Kier molecular flexibility index (Phi) is 4.01. The molecule has 0 atom stereocenters. The number of carbonyl (C=O) groups excluding carboxylic acids is 1. The van der Waals surface area contributed by atoms with Gasteiger partial charge in [0.1, 0.15) is 17.3 Å². The van der Waals surface area contributed by atoms with Crippen molar-refractivity contribution in [2.24, 2.45) is 0 Å². The van der Waals surface area contributed by atoms with Crippen LogP contribution in [0.5, 0.6) is 11.5 Å². The Balaban J connectivity index is 1.55. The minimum absolute atomic E-state index is 0.0487. The summed E-state index contributed by atoms with van der Waals surface area (Å²) in [5.41, 5.74) is 3.18. The van der Waals surface area contributed by atoms with E-state index in [0.717, 1.165) is 53.9 Å². The molecule has 1 fully saturated rings. The van der Waals surface area contributed by atoms with E-state index in [1.165, 1.54) is 12.1 Å². The highest BCUT2D eigenvalue weighted by molar-refractivity contribution is 6.33. The second kappa shape index (κ2) is 6.41. The molecule has 0 radical (unpaired) electrons. The number of ether oxygens (including phenoxy) is 2. The molecule has 0 saturated heterocycles. The highest BCUT2D eigenvalue weighted by Gasteiger charge is 2.37. The van der Waals surface area contributed by atoms with E-state index in [9.17, 15) is 9.18 Å². The standard InChI is InChI=1S/C21H19ClFNO3/c22-16-2-1-3-17(23)19(16)21(25)24(13-4-5-13)11-15-14-7-9-26-18(14)10-12-6-8-27-20(12)15/h1-3,10,13H,4-9,11H2. The van der Waals surface area contributed by atoms with Crippen LogP contribution in [0.3, 0.4) is 0 Å². The molecule has 6 heteroatoms. The summed E-state index contributed by atoms with van der Waals surface area (Å²) < 4.78 is 26.0. The summed E-state index contributed by atoms with van der Waals surface area (Å²) in [6.45, 7) is 1.67. The molecule has 1 amide bonds. The predicted molar refractivity (Wildman–Crippen MR) is 99.1 cm³/mol. The van der Waals surface area contributed by atoms with Crippen molar-refractivity contribution in [1.29, 1.82) is 0 Å². The van der Waals surface area contributed by atoms with Crippen molar-refractivity contribution < 1.29 is 18.7 Å². The molecular weight excluding hydrogens is 369 g/mol. The Bertz CT molecular complexity index is 889. The number of halogens is 2. The Morgan fingerprint density at radius 3 is 2.81 bits per heavy atom. The molecule has 0 unspecified atom stereocenters. The monoisotopic (exact) mass is 387 g/mol. The Morgan fingerprint density at radius 1 is 1.22 bits per heavy atom. The summed E-state index contributed by atoms with van der Waals surface area (Å²) in [5.74, 6) is 0.823. The number of hydrogen-bond donors (Lipinski definition) is 0. The van der Waals surface area contributed by atoms with Gasteiger partial charge in [-0.25, -0.2) is 4.39 Å². The first-order chi connectivity index (χ1) is 13.1. The van der Waals surface area contributed by atoms with E-state index in [1.54, 1.807) is 11.0 Å². The fourth-order valence-electron chi connectivity index (χ4n) is 4.02. The number of rotatable bonds is 4. The maximum atomic E-state index is 14.3. The number of fused-ring (bicyclic) bond motifs is 2. The SMILES string of the molecule is O=C(c1c(F)cccc1Cl)N(Cc1c2c(cc3c1OCC3)OCC2)C1CC1. The van der Waals surface area contributed by atoms with Gasteiger partial charge in [-0.15, -0.1) is 0 Å². The lowest BCUT2D eigenvalue weighted by Gasteiger charge is -2.25. The molecule has 27 heavy (non-hydrogen) atoms. The van der Waals surface area contributed by atoms with E-state index in [1.807, 2.05) is 0 Å². The molecule has 2 aliphatic heterocycles. The summed E-state index contributed by atoms with van der Waals surface area (Å²) in [6, 6.07) is 6.52. The van der Waals surface area contributed by atoms with E-state index < -0.39 is 5.82 Å². The van der Waals surface area contributed by atoms with E-state index in [2.05, 4.69) is 6.07 Å². The number of hydrogen-bond acceptors (Lipinski definition) is 3. The number of carbonyl (C=O) groups is 1. The molecule has 0 spiro atoms. The average molecular weight is 388 g/mol. The van der Waals surface area contributed by atoms with Gasteiger partial charge >= 0.3 is 0 Å². The third kappa shape index (κ3) is 2.85. The van der Waals surface area contributed by atoms with Crippen molar-refractivity contribution in [1.82, 2.24) is 4.90 Å². The lowest BCUT2D eigenvalue weighted by Crippen LogP contribution is -2.34. The third-order valence-electron chi connectivity index (χ3n) is 5.51. The van der Waals surface area contributed by atoms with Gasteiger partial charge in [0.2, 0.25) is 0 Å². The second-order valence-electron chi connectivity index (χ2n) is 7.28. The Labute approximate surface area is 161 Å². The highest BCUT2D eigenvalue weighted by atomic mass is 35.5. The summed E-state index contributed by atoms with van der Waals surface area (Å²) in [5, 5.41) is 0.147. The molecule has 2 aromatic carbocycles. The zero-order chi connectivity index (χ0) is 18.5. The van der Waals surface area contributed by atoms with Crippen LogP contribution in [0.4, 0.5) is 4.39 Å². The number of benzene rings is 2. The van der Waals surface area contributed by atoms with Crippen molar-refractivity contribution >= 4 is 17.5 Å². The van der Waals surface area contributed by atoms with Gasteiger partial charge in [0.25, 0.3) is 5.91 Å². The van der Waals surface area contributed by atoms with Crippen LogP contribution in [0.2, 0.25) is 5.02 Å². The molecule has 2 heterocycles. The van der Waals surface area contributed by atoms with Crippen molar-refractivity contribution in [2.45, 2.75) is 38.3 Å². The predicted octanol–water partition coefficient (Wildman–Crippen LogP) is 4.15. The second-order valence-corrected chi connectivity index (χ2v) is 7.69. The first-order valence-electron chi connectivity index (χ1n) is 9.31. The van der Waals surface area contributed by atoms with Crippen molar-refractivity contribution in [3.05, 3.63) is 57.4 Å². The maximum Gasteiger partial charge on any atom is 0.258 e. The first-order valence-corrected chi connectivity index (χ1v) is 9.69. The van der Waals surface area contributed by atoms with Crippen LogP contribution in [-0.4, -0.2) is 30.1 Å². The van der Waals surface area contributed by atoms with Gasteiger partial charge in [-0.1, -0.05) is 17.7 Å². The zero-order valence-corrected chi connectivity index (χ0v) is 15.5. The van der Waals surface area contributed by atoms with Crippen LogP contribution < -0.4 is 9.47 Å². The van der Waals surface area contributed by atoms with Crippen LogP contribution >= 0.6 is 11.6 Å². The number of amides is 1. The van der Waals surface area contributed by atoms with E-state index in [4.69, 9.17) is 21.1 Å². The van der Waals surface area contributed by atoms with E-state index in [-0.39, 0.29) is 22.5 Å². The normalized spacial score (nSPS) is 17.1. The lowest BCUT2D eigenvalue weighted by atomic mass is 9.98. The van der Waals surface area contributed by atoms with Crippen LogP contribution in [0.1, 0.15) is 39.9 Å². The minimum Gasteiger partial charge on any atom is -0.493 e. The summed E-state index contributed by atoms with van der Waals surface area (Å²) in [7, 11) is 0. The Morgan fingerprint density at radius 2 is 2.04 bits per heavy atom. The van der Waals surface area contributed by atoms with Gasteiger partial charge in [-0.2, -0.15) is 0 Å². The van der Waals surface area contributed by atoms with Crippen LogP contribution in [0, 0.1) is 5.82 Å². The number of nitrogens with zero attached hydrogens (tertiary/aromatic N) is 1. The topological polar surface area (TPSA) is 38.8 Å². The lowest BCUT2D eigenvalue weighted by molar-refractivity contribution is 0.0724. The van der Waals surface area contributed by atoms with Crippen molar-refractivity contribution in [2.75, 3.05) is 13.2 Å². The van der Waals surface area contributed by atoms with Crippen molar-refractivity contribution in [3.63, 3.8) is 0 Å². The van der Waals surface area contributed by atoms with E-state index in [0.29, 0.717) is 19.8 Å². The summed E-state index contributed by atoms with van der Waals surface area (Å²) in [4.78, 5) is 15.0. The first kappa shape index (κ1) is 16.9. The quantitative estimate of drug-likeness (QED) is 0.791. The molecule has 0 bridgehead atoms. The Hall–Kier alpha value is -2.27. The van der Waals surface area contributed by atoms with Gasteiger partial charge in [0, 0.05) is 35.6 Å². The molecule has 4 nitrogen and oxygen atoms in total. The van der Waals surface area contributed by atoms with Crippen LogP contribution in [-0.2, 0) is 19.4 Å². The molecule has 0 aromatic heterocycles. The third-order valence-corrected chi connectivity index (χ3v) is 5.83. The van der Waals surface area contributed by atoms with Gasteiger partial charge in [0.15, 0.2) is 0 Å². The summed E-state index contributed by atoms with van der Waals surface area (Å²) in [6.07, 6.45) is 3.49. The molecule has 3 aliphatic rings. The molecular formula is C21H19ClFNO3. The molecule has 0 N–H and O–H groups in total. The van der Waals surface area contributed by atoms with Crippen LogP contribution in [0.15, 0.2) is 24.3 Å². The maximum absolute atomic E-state index is 14.3. The fourth-order valence-corrected chi connectivity index (χ4v) is 4.27. The molecule has 2 aromatic rings. The largest absolute Gasteiger partial charge is 0.493 e. The van der Waals surface area contributed by atoms with E-state index >= 15 is 0 Å². The van der Waals surface area contributed by atoms with Gasteiger partial charge in [0.05, 0.1) is 30.3 Å². The molecule has 140 valence electrons. The van der Waals surface area contributed by atoms with Crippen molar-refractivity contribution in [3.8, 4) is 11.5 Å².